The average Bonchev–Trinajstić information content (AvgIpc) is 3.20. The first-order chi connectivity index (χ1) is 14.3. The number of halogens is 1. The fourth-order valence-electron chi connectivity index (χ4n) is 3.66. The molecule has 1 atom stereocenters. The van der Waals surface area contributed by atoms with Gasteiger partial charge in [0.25, 0.3) is 5.91 Å². The summed E-state index contributed by atoms with van der Waals surface area (Å²) in [5.41, 5.74) is 2.38. The monoisotopic (exact) mass is 439 g/mol. The molecule has 3 aromatic rings. The van der Waals surface area contributed by atoms with Crippen molar-refractivity contribution in [2.75, 3.05) is 4.90 Å². The number of amides is 1. The van der Waals surface area contributed by atoms with Crippen molar-refractivity contribution in [1.82, 2.24) is 9.97 Å². The molecule has 0 bridgehead atoms. The Hall–Kier alpha value is -3.03. The van der Waals surface area contributed by atoms with Crippen LogP contribution in [0.3, 0.4) is 0 Å². The summed E-state index contributed by atoms with van der Waals surface area (Å²) < 4.78 is 0. The highest BCUT2D eigenvalue weighted by molar-refractivity contribution is 7.14. The van der Waals surface area contributed by atoms with Gasteiger partial charge in [0.1, 0.15) is 0 Å². The van der Waals surface area contributed by atoms with E-state index in [1.54, 1.807) is 56.6 Å². The van der Waals surface area contributed by atoms with Crippen LogP contribution >= 0.6 is 22.9 Å². The molecule has 2 aromatic heterocycles. The molecule has 3 heterocycles. The summed E-state index contributed by atoms with van der Waals surface area (Å²) >= 11 is 7.53. The van der Waals surface area contributed by atoms with Gasteiger partial charge in [-0.15, -0.1) is 11.3 Å². The third kappa shape index (κ3) is 3.20. The number of rotatable bonds is 4. The van der Waals surface area contributed by atoms with Crippen molar-refractivity contribution in [1.29, 1.82) is 0 Å². The molecular formula is C22H18ClN3O3S. The fourth-order valence-corrected chi connectivity index (χ4v) is 4.70. The van der Waals surface area contributed by atoms with E-state index in [9.17, 15) is 14.7 Å². The van der Waals surface area contributed by atoms with Gasteiger partial charge in [-0.2, -0.15) is 0 Å². The zero-order valence-corrected chi connectivity index (χ0v) is 18.1. The van der Waals surface area contributed by atoms with Gasteiger partial charge in [0.05, 0.1) is 27.2 Å². The molecule has 6 nitrogen and oxygen atoms in total. The van der Waals surface area contributed by atoms with Crippen molar-refractivity contribution < 1.29 is 14.7 Å². The molecule has 1 aromatic carbocycles. The van der Waals surface area contributed by atoms with Gasteiger partial charge in [-0.1, -0.05) is 23.7 Å². The summed E-state index contributed by atoms with van der Waals surface area (Å²) in [6.45, 7) is 5.34. The van der Waals surface area contributed by atoms with E-state index in [1.807, 2.05) is 6.92 Å². The van der Waals surface area contributed by atoms with Crippen LogP contribution in [0.2, 0.25) is 5.02 Å². The Morgan fingerprint density at radius 2 is 1.97 bits per heavy atom. The molecule has 0 saturated carbocycles. The van der Waals surface area contributed by atoms with Gasteiger partial charge in [-0.3, -0.25) is 19.5 Å². The topological polar surface area (TPSA) is 83.4 Å². The minimum Gasteiger partial charge on any atom is -0.503 e. The molecule has 4 rings (SSSR count). The molecule has 1 N–H and O–H groups in total. The molecule has 0 fully saturated rings. The predicted octanol–water partition coefficient (Wildman–Crippen LogP) is 4.90. The van der Waals surface area contributed by atoms with Crippen molar-refractivity contribution in [2.24, 2.45) is 0 Å². The van der Waals surface area contributed by atoms with Crippen LogP contribution in [0.25, 0.3) is 0 Å². The Morgan fingerprint density at radius 1 is 1.20 bits per heavy atom. The van der Waals surface area contributed by atoms with Crippen molar-refractivity contribution in [3.05, 3.63) is 85.8 Å². The average molecular weight is 440 g/mol. The van der Waals surface area contributed by atoms with Gasteiger partial charge in [-0.05, 0) is 50.1 Å². The number of aliphatic hydroxyl groups is 1. The lowest BCUT2D eigenvalue weighted by atomic mass is 9.95. The summed E-state index contributed by atoms with van der Waals surface area (Å²) in [6, 6.07) is 7.86. The third-order valence-electron chi connectivity index (χ3n) is 5.06. The first-order valence-electron chi connectivity index (χ1n) is 9.21. The molecule has 1 amide bonds. The highest BCUT2D eigenvalue weighted by Gasteiger charge is 2.45. The highest BCUT2D eigenvalue weighted by Crippen LogP contribution is 2.44. The van der Waals surface area contributed by atoms with Gasteiger partial charge >= 0.3 is 0 Å². The van der Waals surface area contributed by atoms with Crippen molar-refractivity contribution in [3.63, 3.8) is 0 Å². The maximum Gasteiger partial charge on any atom is 0.294 e. The van der Waals surface area contributed by atoms with E-state index in [0.29, 0.717) is 32.4 Å². The summed E-state index contributed by atoms with van der Waals surface area (Å²) in [5.74, 6) is -1.64. The van der Waals surface area contributed by atoms with Crippen LogP contribution in [0.5, 0.6) is 0 Å². The number of carbonyl (C=O) groups is 2. The van der Waals surface area contributed by atoms with E-state index in [0.717, 1.165) is 5.01 Å². The largest absolute Gasteiger partial charge is 0.503 e. The molecule has 152 valence electrons. The summed E-state index contributed by atoms with van der Waals surface area (Å²) in [5, 5.41) is 12.0. The minimum absolute atomic E-state index is 0.0131. The number of benzene rings is 1. The van der Waals surface area contributed by atoms with Crippen LogP contribution in [0.1, 0.15) is 37.5 Å². The van der Waals surface area contributed by atoms with Crippen LogP contribution in [-0.4, -0.2) is 26.8 Å². The quantitative estimate of drug-likeness (QED) is 0.584. The van der Waals surface area contributed by atoms with Crippen molar-refractivity contribution in [2.45, 2.75) is 26.8 Å². The number of nitrogens with zero attached hydrogens (tertiary/aromatic N) is 3. The van der Waals surface area contributed by atoms with E-state index >= 15 is 0 Å². The van der Waals surface area contributed by atoms with Crippen LogP contribution in [0, 0.1) is 20.8 Å². The Labute approximate surface area is 182 Å². The highest BCUT2D eigenvalue weighted by atomic mass is 35.5. The number of aliphatic hydroxyl groups excluding tert-OH is 1. The number of hydrogen-bond donors (Lipinski definition) is 1. The van der Waals surface area contributed by atoms with Crippen LogP contribution in [-0.2, 0) is 4.79 Å². The fraction of sp³-hybridized carbons (Fsp3) is 0.182. The lowest BCUT2D eigenvalue weighted by Crippen LogP contribution is -2.31. The number of anilines is 1. The second-order valence-corrected chi connectivity index (χ2v) is 8.60. The Bertz CT molecular complexity index is 1200. The normalized spacial score (nSPS) is 16.5. The molecule has 1 aliphatic rings. The summed E-state index contributed by atoms with van der Waals surface area (Å²) in [7, 11) is 0. The van der Waals surface area contributed by atoms with Crippen molar-refractivity contribution in [3.8, 4) is 0 Å². The molecule has 0 aliphatic carbocycles. The minimum atomic E-state index is -0.835. The molecule has 0 radical (unpaired) electrons. The number of aryl methyl sites for hydroxylation is 2. The maximum atomic E-state index is 13.5. The Morgan fingerprint density at radius 3 is 2.60 bits per heavy atom. The molecule has 0 saturated heterocycles. The van der Waals surface area contributed by atoms with Crippen LogP contribution < -0.4 is 4.90 Å². The van der Waals surface area contributed by atoms with E-state index in [1.165, 1.54) is 16.2 Å². The van der Waals surface area contributed by atoms with Crippen molar-refractivity contribution >= 4 is 40.3 Å². The maximum absolute atomic E-state index is 13.5. The van der Waals surface area contributed by atoms with E-state index in [2.05, 4.69) is 9.97 Å². The summed E-state index contributed by atoms with van der Waals surface area (Å²) in [4.78, 5) is 36.9. The SMILES string of the molecule is Cc1nc(C)c(C(=O)C2=C(O)C(=O)N(c3cccc(Cl)c3C)C2c2cccnc2)s1. The predicted molar refractivity (Wildman–Crippen MR) is 116 cm³/mol. The molecular weight excluding hydrogens is 422 g/mol. The van der Waals surface area contributed by atoms with E-state index in [4.69, 9.17) is 11.6 Å². The molecule has 1 unspecified atom stereocenters. The van der Waals surface area contributed by atoms with Gasteiger partial charge in [0, 0.05) is 23.1 Å². The van der Waals surface area contributed by atoms with Crippen LogP contribution in [0.15, 0.2) is 54.1 Å². The zero-order chi connectivity index (χ0) is 21.6. The number of thiazole rings is 1. The van der Waals surface area contributed by atoms with Gasteiger partial charge in [0.15, 0.2) is 5.76 Å². The Balaban J connectivity index is 1.92. The second kappa shape index (κ2) is 7.66. The Kier molecular flexibility index (Phi) is 5.17. The number of hydrogen-bond acceptors (Lipinski definition) is 6. The zero-order valence-electron chi connectivity index (χ0n) is 16.5. The number of carbonyl (C=O) groups excluding carboxylic acids is 2. The number of Topliss-reactive ketones (excluding diaryl/α,β-unsaturated/α-hetero) is 1. The smallest absolute Gasteiger partial charge is 0.294 e. The lowest BCUT2D eigenvalue weighted by Gasteiger charge is -2.28. The first-order valence-corrected chi connectivity index (χ1v) is 10.4. The standard InChI is InChI=1S/C22H18ClN3O3S/c1-11-15(23)7-4-8-16(11)26-18(14-6-5-9-24-10-14)17(20(28)22(26)29)19(27)21-12(2)25-13(3)30-21/h4-10,18,28H,1-3H3. The second-order valence-electron chi connectivity index (χ2n) is 6.99. The van der Waals surface area contributed by atoms with Gasteiger partial charge < -0.3 is 5.11 Å². The van der Waals surface area contributed by atoms with E-state index in [-0.39, 0.29) is 5.57 Å². The van der Waals surface area contributed by atoms with E-state index < -0.39 is 23.5 Å². The lowest BCUT2D eigenvalue weighted by molar-refractivity contribution is -0.117. The first kappa shape index (κ1) is 20.3. The molecule has 1 aliphatic heterocycles. The molecule has 0 spiro atoms. The van der Waals surface area contributed by atoms with Gasteiger partial charge in [0.2, 0.25) is 5.78 Å². The molecule has 30 heavy (non-hydrogen) atoms. The van der Waals surface area contributed by atoms with Gasteiger partial charge in [-0.25, -0.2) is 4.98 Å². The molecule has 8 heteroatoms. The number of ketones is 1. The number of aromatic nitrogens is 2. The third-order valence-corrected chi connectivity index (χ3v) is 6.54. The number of pyridine rings is 1. The summed E-state index contributed by atoms with van der Waals surface area (Å²) in [6.07, 6.45) is 3.19. The van der Waals surface area contributed by atoms with Crippen LogP contribution in [0.4, 0.5) is 5.69 Å².